The zero-order chi connectivity index (χ0) is 19.1. The standard InChI is InChI=1S/C19H22F3NO3/c1-3-4-7-26-14-8-12-5-6-16(24)23(13-10-18(2,25)11-13)17(12)15(9-14)19(20,21)22/h5-6,8-9,13,25H,3-4,7,10-11H2,1-2H3/t13-,18+. The van der Waals surface area contributed by atoms with E-state index in [1.165, 1.54) is 22.8 Å². The predicted molar refractivity (Wildman–Crippen MR) is 92.5 cm³/mol. The molecule has 0 atom stereocenters. The second-order valence-electron chi connectivity index (χ2n) is 7.21. The van der Waals surface area contributed by atoms with E-state index in [4.69, 9.17) is 4.74 Å². The van der Waals surface area contributed by atoms with Gasteiger partial charge in [0.05, 0.1) is 23.3 Å². The van der Waals surface area contributed by atoms with Gasteiger partial charge >= 0.3 is 6.18 Å². The van der Waals surface area contributed by atoms with E-state index in [-0.39, 0.29) is 24.1 Å². The Hall–Kier alpha value is -2.02. The van der Waals surface area contributed by atoms with Gasteiger partial charge in [0, 0.05) is 17.5 Å². The zero-order valence-electron chi connectivity index (χ0n) is 14.8. The van der Waals surface area contributed by atoms with Gasteiger partial charge in [-0.05, 0) is 44.4 Å². The first kappa shape index (κ1) is 18.8. The number of ether oxygens (including phenoxy) is 1. The molecule has 1 aliphatic carbocycles. The van der Waals surface area contributed by atoms with Gasteiger partial charge in [-0.1, -0.05) is 13.3 Å². The third-order valence-corrected chi connectivity index (χ3v) is 4.78. The lowest BCUT2D eigenvalue weighted by molar-refractivity contribution is -0.136. The van der Waals surface area contributed by atoms with E-state index < -0.39 is 28.9 Å². The molecule has 1 fully saturated rings. The average molecular weight is 369 g/mol. The molecule has 1 saturated carbocycles. The van der Waals surface area contributed by atoms with Crippen LogP contribution in [0.5, 0.6) is 5.75 Å². The van der Waals surface area contributed by atoms with Gasteiger partial charge in [-0.2, -0.15) is 13.2 Å². The van der Waals surface area contributed by atoms with Crippen molar-refractivity contribution in [2.45, 2.75) is 57.3 Å². The molecule has 1 aromatic carbocycles. The van der Waals surface area contributed by atoms with Crippen LogP contribution < -0.4 is 10.3 Å². The molecule has 0 spiro atoms. The molecule has 0 unspecified atom stereocenters. The summed E-state index contributed by atoms with van der Waals surface area (Å²) in [6.07, 6.45) is -2.50. The van der Waals surface area contributed by atoms with E-state index in [0.717, 1.165) is 18.9 Å². The van der Waals surface area contributed by atoms with E-state index >= 15 is 0 Å². The Bertz CT molecular complexity index is 863. The first-order valence-corrected chi connectivity index (χ1v) is 8.74. The summed E-state index contributed by atoms with van der Waals surface area (Å²) in [5.41, 5.74) is -2.48. The molecule has 1 aromatic heterocycles. The van der Waals surface area contributed by atoms with Crippen molar-refractivity contribution in [2.24, 2.45) is 0 Å². The summed E-state index contributed by atoms with van der Waals surface area (Å²) in [6, 6.07) is 4.71. The van der Waals surface area contributed by atoms with Crippen LogP contribution in [0.25, 0.3) is 10.9 Å². The van der Waals surface area contributed by atoms with Gasteiger partial charge in [-0.15, -0.1) is 0 Å². The maximum absolute atomic E-state index is 13.7. The fourth-order valence-electron chi connectivity index (χ4n) is 3.51. The zero-order valence-corrected chi connectivity index (χ0v) is 14.8. The summed E-state index contributed by atoms with van der Waals surface area (Å²) in [7, 11) is 0. The average Bonchev–Trinajstić information content (AvgIpc) is 2.51. The van der Waals surface area contributed by atoms with Crippen LogP contribution in [-0.4, -0.2) is 21.9 Å². The molecule has 1 N–H and O–H groups in total. The molecule has 0 radical (unpaired) electrons. The summed E-state index contributed by atoms with van der Waals surface area (Å²) < 4.78 is 47.8. The molecular formula is C19H22F3NO3. The molecule has 1 heterocycles. The van der Waals surface area contributed by atoms with Gasteiger partial charge in [-0.25, -0.2) is 0 Å². The third-order valence-electron chi connectivity index (χ3n) is 4.78. The third kappa shape index (κ3) is 3.58. The molecule has 4 nitrogen and oxygen atoms in total. The molecule has 142 valence electrons. The monoisotopic (exact) mass is 369 g/mol. The summed E-state index contributed by atoms with van der Waals surface area (Å²) in [5.74, 6) is 0.143. The second kappa shape index (κ2) is 6.61. The topological polar surface area (TPSA) is 51.5 Å². The number of benzene rings is 1. The van der Waals surface area contributed by atoms with Crippen molar-refractivity contribution in [1.29, 1.82) is 0 Å². The number of nitrogens with zero attached hydrogens (tertiary/aromatic N) is 1. The molecule has 0 amide bonds. The minimum atomic E-state index is -4.62. The summed E-state index contributed by atoms with van der Waals surface area (Å²) >= 11 is 0. The van der Waals surface area contributed by atoms with Crippen LogP contribution in [0.15, 0.2) is 29.1 Å². The summed E-state index contributed by atoms with van der Waals surface area (Å²) in [5, 5.41) is 10.2. The molecule has 2 aromatic rings. The number of unbranched alkanes of at least 4 members (excludes halogenated alkanes) is 1. The van der Waals surface area contributed by atoms with E-state index in [1.807, 2.05) is 6.92 Å². The quantitative estimate of drug-likeness (QED) is 0.800. The number of rotatable bonds is 5. The van der Waals surface area contributed by atoms with Crippen LogP contribution in [0.4, 0.5) is 13.2 Å². The number of alkyl halides is 3. The van der Waals surface area contributed by atoms with Crippen LogP contribution in [0.2, 0.25) is 0 Å². The van der Waals surface area contributed by atoms with Gasteiger partial charge in [-0.3, -0.25) is 4.79 Å². The van der Waals surface area contributed by atoms with E-state index in [2.05, 4.69) is 0 Å². The Morgan fingerprint density at radius 2 is 2.00 bits per heavy atom. The fraction of sp³-hybridized carbons (Fsp3) is 0.526. The van der Waals surface area contributed by atoms with E-state index in [9.17, 15) is 23.1 Å². The minimum Gasteiger partial charge on any atom is -0.494 e. The number of halogens is 3. The minimum absolute atomic E-state index is 0.143. The van der Waals surface area contributed by atoms with Crippen molar-refractivity contribution in [3.63, 3.8) is 0 Å². The van der Waals surface area contributed by atoms with E-state index in [0.29, 0.717) is 12.0 Å². The maximum atomic E-state index is 13.7. The van der Waals surface area contributed by atoms with Crippen LogP contribution >= 0.6 is 0 Å². The van der Waals surface area contributed by atoms with Gasteiger partial charge in [0.15, 0.2) is 0 Å². The Morgan fingerprint density at radius 3 is 2.58 bits per heavy atom. The molecule has 0 aliphatic heterocycles. The Morgan fingerprint density at radius 1 is 1.31 bits per heavy atom. The summed E-state index contributed by atoms with van der Waals surface area (Å²) in [6.45, 7) is 3.92. The lowest BCUT2D eigenvalue weighted by Crippen LogP contribution is -2.45. The first-order chi connectivity index (χ1) is 12.1. The van der Waals surface area contributed by atoms with Crippen molar-refractivity contribution in [1.82, 2.24) is 4.57 Å². The highest BCUT2D eigenvalue weighted by Crippen LogP contribution is 2.44. The number of hydrogen-bond acceptors (Lipinski definition) is 3. The predicted octanol–water partition coefficient (Wildman–Crippen LogP) is 4.29. The normalized spacial score (nSPS) is 23.1. The van der Waals surface area contributed by atoms with Gasteiger partial charge in [0.2, 0.25) is 0 Å². The van der Waals surface area contributed by atoms with Crippen LogP contribution in [0, 0.1) is 0 Å². The number of aromatic nitrogens is 1. The largest absolute Gasteiger partial charge is 0.494 e. The fourth-order valence-corrected chi connectivity index (χ4v) is 3.51. The highest BCUT2D eigenvalue weighted by Gasteiger charge is 2.42. The number of aliphatic hydroxyl groups is 1. The molecule has 0 bridgehead atoms. The molecular weight excluding hydrogens is 347 g/mol. The van der Waals surface area contributed by atoms with E-state index in [1.54, 1.807) is 6.92 Å². The Labute approximate surface area is 149 Å². The maximum Gasteiger partial charge on any atom is 0.418 e. The molecule has 26 heavy (non-hydrogen) atoms. The van der Waals surface area contributed by atoms with Crippen LogP contribution in [0.1, 0.15) is 51.1 Å². The van der Waals surface area contributed by atoms with Gasteiger partial charge < -0.3 is 14.4 Å². The van der Waals surface area contributed by atoms with Crippen molar-refractivity contribution in [2.75, 3.05) is 6.61 Å². The van der Waals surface area contributed by atoms with Crippen molar-refractivity contribution >= 4 is 10.9 Å². The first-order valence-electron chi connectivity index (χ1n) is 8.74. The van der Waals surface area contributed by atoms with Crippen LogP contribution in [0.3, 0.4) is 0 Å². The Balaban J connectivity index is 2.16. The number of fused-ring (bicyclic) bond motifs is 1. The lowest BCUT2D eigenvalue weighted by Gasteiger charge is -2.42. The van der Waals surface area contributed by atoms with Crippen molar-refractivity contribution in [3.8, 4) is 5.75 Å². The molecule has 7 heteroatoms. The highest BCUT2D eigenvalue weighted by atomic mass is 19.4. The highest BCUT2D eigenvalue weighted by molar-refractivity contribution is 5.84. The Kier molecular flexibility index (Phi) is 4.77. The van der Waals surface area contributed by atoms with Gasteiger partial charge in [0.25, 0.3) is 5.56 Å². The molecule has 3 rings (SSSR count). The van der Waals surface area contributed by atoms with Crippen LogP contribution in [-0.2, 0) is 6.18 Å². The SMILES string of the molecule is CCCCOc1cc(C(F)(F)F)c2c(ccc(=O)n2[C@H]2C[C@@](C)(O)C2)c1. The number of hydrogen-bond donors (Lipinski definition) is 1. The van der Waals surface area contributed by atoms with Gasteiger partial charge in [0.1, 0.15) is 5.75 Å². The summed E-state index contributed by atoms with van der Waals surface area (Å²) in [4.78, 5) is 12.3. The number of pyridine rings is 1. The van der Waals surface area contributed by atoms with Crippen molar-refractivity contribution in [3.05, 3.63) is 40.2 Å². The second-order valence-corrected chi connectivity index (χ2v) is 7.21. The van der Waals surface area contributed by atoms with Crippen molar-refractivity contribution < 1.29 is 23.0 Å². The molecule has 1 aliphatic rings. The molecule has 0 saturated heterocycles. The lowest BCUT2D eigenvalue weighted by atomic mass is 9.77. The smallest absolute Gasteiger partial charge is 0.418 e.